The molecule has 4 heterocycles. The molecule has 2 aromatic rings. The first-order valence-corrected chi connectivity index (χ1v) is 8.39. The van der Waals surface area contributed by atoms with Crippen molar-refractivity contribution in [2.45, 2.75) is 19.5 Å². The molecular weight excluding hydrogens is 308 g/mol. The summed E-state index contributed by atoms with van der Waals surface area (Å²) >= 11 is 0. The van der Waals surface area contributed by atoms with Crippen molar-refractivity contribution in [2.24, 2.45) is 7.05 Å². The zero-order valence-electron chi connectivity index (χ0n) is 13.9. The molecule has 4 rings (SSSR count). The van der Waals surface area contributed by atoms with Crippen LogP contribution in [0.1, 0.15) is 27.5 Å². The molecule has 24 heavy (non-hydrogen) atoms. The van der Waals surface area contributed by atoms with Gasteiger partial charge in [0.1, 0.15) is 17.1 Å². The van der Waals surface area contributed by atoms with Gasteiger partial charge in [-0.1, -0.05) is 5.16 Å². The molecule has 0 bridgehead atoms. The molecule has 7 nitrogen and oxygen atoms in total. The van der Waals surface area contributed by atoms with E-state index < -0.39 is 0 Å². The van der Waals surface area contributed by atoms with Crippen LogP contribution in [-0.4, -0.2) is 58.3 Å². The maximum Gasteiger partial charge on any atom is 0.270 e. The van der Waals surface area contributed by atoms with Gasteiger partial charge in [0, 0.05) is 51.4 Å². The van der Waals surface area contributed by atoms with Crippen molar-refractivity contribution < 1.29 is 14.1 Å². The number of carbonyl (C=O) groups is 1. The lowest BCUT2D eigenvalue weighted by molar-refractivity contribution is 0.0331. The van der Waals surface area contributed by atoms with E-state index in [4.69, 9.17) is 9.26 Å². The fourth-order valence-corrected chi connectivity index (χ4v) is 3.38. The van der Waals surface area contributed by atoms with Crippen LogP contribution in [0.2, 0.25) is 0 Å². The minimum atomic E-state index is 0.0617. The maximum absolute atomic E-state index is 12.7. The number of carbonyl (C=O) groups excluding carboxylic acids is 1. The van der Waals surface area contributed by atoms with Crippen molar-refractivity contribution in [3.05, 3.63) is 41.0 Å². The molecule has 1 amide bonds. The molecule has 0 spiro atoms. The Labute approximate surface area is 140 Å². The topological polar surface area (TPSA) is 63.7 Å². The normalized spacial score (nSPS) is 18.6. The zero-order chi connectivity index (χ0) is 16.5. The lowest BCUT2D eigenvalue weighted by Gasteiger charge is -2.28. The van der Waals surface area contributed by atoms with E-state index in [0.29, 0.717) is 18.8 Å². The number of fused-ring (bicyclic) bond motifs is 1. The molecule has 1 saturated heterocycles. The smallest absolute Gasteiger partial charge is 0.270 e. The summed E-state index contributed by atoms with van der Waals surface area (Å²) in [5, 5.41) is 4.27. The Morgan fingerprint density at radius 1 is 1.29 bits per heavy atom. The number of rotatable bonds is 3. The number of aromatic nitrogens is 2. The van der Waals surface area contributed by atoms with Gasteiger partial charge in [-0.15, -0.1) is 0 Å². The van der Waals surface area contributed by atoms with E-state index in [1.807, 2.05) is 34.8 Å². The van der Waals surface area contributed by atoms with Crippen LogP contribution in [0.5, 0.6) is 0 Å². The molecule has 2 aromatic heterocycles. The highest BCUT2D eigenvalue weighted by Gasteiger charge is 2.29. The number of morpholine rings is 1. The quantitative estimate of drug-likeness (QED) is 0.841. The second-order valence-corrected chi connectivity index (χ2v) is 6.40. The Morgan fingerprint density at radius 2 is 2.12 bits per heavy atom. The molecule has 2 aliphatic heterocycles. The molecule has 1 fully saturated rings. The minimum Gasteiger partial charge on any atom is -0.379 e. The van der Waals surface area contributed by atoms with Gasteiger partial charge in [-0.2, -0.15) is 0 Å². The number of amides is 1. The highest BCUT2D eigenvalue weighted by molar-refractivity contribution is 5.92. The van der Waals surface area contributed by atoms with Gasteiger partial charge in [0.05, 0.1) is 19.8 Å². The molecule has 0 radical (unpaired) electrons. The van der Waals surface area contributed by atoms with E-state index in [9.17, 15) is 4.79 Å². The highest BCUT2D eigenvalue weighted by atomic mass is 16.5. The lowest BCUT2D eigenvalue weighted by Crippen LogP contribution is -2.38. The average Bonchev–Trinajstić information content (AvgIpc) is 3.21. The van der Waals surface area contributed by atoms with Crippen LogP contribution in [0.3, 0.4) is 0 Å². The summed E-state index contributed by atoms with van der Waals surface area (Å²) in [7, 11) is 1.89. The van der Waals surface area contributed by atoms with Crippen LogP contribution in [0.4, 0.5) is 0 Å². The van der Waals surface area contributed by atoms with E-state index >= 15 is 0 Å². The third kappa shape index (κ3) is 2.85. The fourth-order valence-electron chi connectivity index (χ4n) is 3.38. The molecule has 128 valence electrons. The first kappa shape index (κ1) is 15.4. The van der Waals surface area contributed by atoms with Crippen molar-refractivity contribution in [3.8, 4) is 0 Å². The molecule has 7 heteroatoms. The third-order valence-electron chi connectivity index (χ3n) is 4.84. The molecule has 0 aromatic carbocycles. The van der Waals surface area contributed by atoms with Crippen molar-refractivity contribution in [3.63, 3.8) is 0 Å². The Balaban J connectivity index is 1.50. The molecule has 0 atom stereocenters. The van der Waals surface area contributed by atoms with Crippen molar-refractivity contribution in [1.29, 1.82) is 0 Å². The predicted octanol–water partition coefficient (Wildman–Crippen LogP) is 1.04. The van der Waals surface area contributed by atoms with Gasteiger partial charge in [0.2, 0.25) is 0 Å². The summed E-state index contributed by atoms with van der Waals surface area (Å²) in [5.74, 6) is 0.987. The summed E-state index contributed by atoms with van der Waals surface area (Å²) in [5.41, 5.74) is 2.75. The molecular formula is C17H22N4O3. The molecule has 0 unspecified atom stereocenters. The van der Waals surface area contributed by atoms with E-state index in [0.717, 1.165) is 56.3 Å². The molecule has 2 aliphatic rings. The van der Waals surface area contributed by atoms with Gasteiger partial charge in [-0.05, 0) is 12.1 Å². The first-order valence-electron chi connectivity index (χ1n) is 8.39. The van der Waals surface area contributed by atoms with Crippen LogP contribution in [0.15, 0.2) is 22.9 Å². The summed E-state index contributed by atoms with van der Waals surface area (Å²) < 4.78 is 12.8. The van der Waals surface area contributed by atoms with Crippen molar-refractivity contribution >= 4 is 5.91 Å². The minimum absolute atomic E-state index is 0.0617. The SMILES string of the molecule is Cn1cccc1C(=O)N1CCc2onc(CN3CCOCC3)c2C1. The second kappa shape index (κ2) is 6.41. The van der Waals surface area contributed by atoms with Crippen LogP contribution in [0.25, 0.3) is 0 Å². The van der Waals surface area contributed by atoms with Gasteiger partial charge in [0.15, 0.2) is 0 Å². The fraction of sp³-hybridized carbons (Fsp3) is 0.529. The van der Waals surface area contributed by atoms with E-state index in [-0.39, 0.29) is 5.91 Å². The second-order valence-electron chi connectivity index (χ2n) is 6.40. The summed E-state index contributed by atoms with van der Waals surface area (Å²) in [6.45, 7) is 5.34. The van der Waals surface area contributed by atoms with Crippen LogP contribution in [-0.2, 0) is 31.3 Å². The number of hydrogen-bond donors (Lipinski definition) is 0. The van der Waals surface area contributed by atoms with Gasteiger partial charge in [-0.3, -0.25) is 9.69 Å². The van der Waals surface area contributed by atoms with Gasteiger partial charge >= 0.3 is 0 Å². The van der Waals surface area contributed by atoms with Crippen LogP contribution >= 0.6 is 0 Å². The van der Waals surface area contributed by atoms with Crippen molar-refractivity contribution in [2.75, 3.05) is 32.8 Å². The molecule has 0 saturated carbocycles. The maximum atomic E-state index is 12.7. The van der Waals surface area contributed by atoms with Gasteiger partial charge in [0.25, 0.3) is 5.91 Å². The Bertz CT molecular complexity index is 730. The molecule has 0 N–H and O–H groups in total. The van der Waals surface area contributed by atoms with Crippen LogP contribution in [0, 0.1) is 0 Å². The Kier molecular flexibility index (Phi) is 4.12. The zero-order valence-corrected chi connectivity index (χ0v) is 13.9. The summed E-state index contributed by atoms with van der Waals surface area (Å²) in [6, 6.07) is 3.76. The average molecular weight is 330 g/mol. The van der Waals surface area contributed by atoms with Crippen molar-refractivity contribution in [1.82, 2.24) is 19.5 Å². The predicted molar refractivity (Wildman–Crippen MR) is 86.5 cm³/mol. The molecule has 0 aliphatic carbocycles. The van der Waals surface area contributed by atoms with E-state index in [2.05, 4.69) is 10.1 Å². The summed E-state index contributed by atoms with van der Waals surface area (Å²) in [6.07, 6.45) is 2.62. The summed E-state index contributed by atoms with van der Waals surface area (Å²) in [4.78, 5) is 16.9. The van der Waals surface area contributed by atoms with Crippen LogP contribution < -0.4 is 0 Å². The van der Waals surface area contributed by atoms with Gasteiger partial charge < -0.3 is 18.7 Å². The number of hydrogen-bond acceptors (Lipinski definition) is 5. The van der Waals surface area contributed by atoms with Gasteiger partial charge in [-0.25, -0.2) is 0 Å². The number of ether oxygens (including phenoxy) is 1. The Morgan fingerprint density at radius 3 is 2.88 bits per heavy atom. The highest BCUT2D eigenvalue weighted by Crippen LogP contribution is 2.25. The largest absolute Gasteiger partial charge is 0.379 e. The van der Waals surface area contributed by atoms with E-state index in [1.165, 1.54) is 0 Å². The van der Waals surface area contributed by atoms with E-state index in [1.54, 1.807) is 0 Å². The number of aryl methyl sites for hydroxylation is 1. The first-order chi connectivity index (χ1) is 11.7. The standard InChI is InChI=1S/C17H22N4O3/c1-19-5-2-3-15(19)17(22)21-6-4-16-13(11-21)14(18-24-16)12-20-7-9-23-10-8-20/h2-3,5H,4,6-12H2,1H3. The number of nitrogens with zero attached hydrogens (tertiary/aromatic N) is 4. The third-order valence-corrected chi connectivity index (χ3v) is 4.84. The Hall–Kier alpha value is -2.12. The monoisotopic (exact) mass is 330 g/mol. The lowest BCUT2D eigenvalue weighted by atomic mass is 10.1.